The van der Waals surface area contributed by atoms with Crippen LogP contribution in [0.2, 0.25) is 0 Å². The average Bonchev–Trinajstić information content (AvgIpc) is 2.45. The predicted molar refractivity (Wildman–Crippen MR) is 73.5 cm³/mol. The van der Waals surface area contributed by atoms with Crippen molar-refractivity contribution in [1.29, 1.82) is 0 Å². The predicted octanol–water partition coefficient (Wildman–Crippen LogP) is 1.58. The number of amides is 1. The monoisotopic (exact) mass is 282 g/mol. The Morgan fingerprint density at radius 3 is 2.60 bits per heavy atom. The Hall–Kier alpha value is -2.11. The molecule has 0 bridgehead atoms. The van der Waals surface area contributed by atoms with Crippen molar-refractivity contribution < 1.29 is 18.7 Å². The second-order valence-corrected chi connectivity index (χ2v) is 4.49. The van der Waals surface area contributed by atoms with E-state index in [2.05, 4.69) is 10.1 Å². The number of halogens is 1. The molecule has 0 aromatic heterocycles. The Morgan fingerprint density at radius 1 is 1.45 bits per heavy atom. The number of rotatable bonds is 5. The third-order valence-electron chi connectivity index (χ3n) is 3.14. The van der Waals surface area contributed by atoms with Crippen LogP contribution in [0, 0.1) is 5.82 Å². The lowest BCUT2D eigenvalue weighted by molar-refractivity contribution is -0.145. The van der Waals surface area contributed by atoms with Crippen LogP contribution in [0.3, 0.4) is 0 Å². The molecule has 0 spiro atoms. The summed E-state index contributed by atoms with van der Waals surface area (Å²) in [6, 6.07) is 3.44. The van der Waals surface area contributed by atoms with E-state index in [0.717, 1.165) is 0 Å². The van der Waals surface area contributed by atoms with Crippen LogP contribution in [-0.4, -0.2) is 25.0 Å². The van der Waals surface area contributed by atoms with Gasteiger partial charge in [0.1, 0.15) is 11.9 Å². The summed E-state index contributed by atoms with van der Waals surface area (Å²) in [5, 5.41) is 2.58. The second kappa shape index (κ2) is 6.88. The third-order valence-corrected chi connectivity index (χ3v) is 3.14. The van der Waals surface area contributed by atoms with Gasteiger partial charge in [0.25, 0.3) is 0 Å². The van der Waals surface area contributed by atoms with Gasteiger partial charge in [0.2, 0.25) is 5.91 Å². The zero-order chi connectivity index (χ0) is 15.3. The SMILES string of the molecule is CCC(=O)N[C@@H](C(=O)OC)[C@@H](C)c1ccc(N)c(F)c1. The number of nitrogens with two attached hydrogens (primary N) is 1. The summed E-state index contributed by atoms with van der Waals surface area (Å²) in [5.41, 5.74) is 6.01. The number of anilines is 1. The van der Waals surface area contributed by atoms with Gasteiger partial charge >= 0.3 is 5.97 Å². The van der Waals surface area contributed by atoms with Gasteiger partial charge in [0, 0.05) is 12.3 Å². The van der Waals surface area contributed by atoms with E-state index in [1.807, 2.05) is 0 Å². The molecule has 0 saturated carbocycles. The Bertz CT molecular complexity index is 505. The van der Waals surface area contributed by atoms with E-state index in [1.165, 1.54) is 19.2 Å². The van der Waals surface area contributed by atoms with Crippen molar-refractivity contribution in [1.82, 2.24) is 5.32 Å². The standard InChI is InChI=1S/C14H19FN2O3/c1-4-12(18)17-13(14(19)20-3)8(2)9-5-6-11(16)10(15)7-9/h5-8,13H,4,16H2,1-3H3,(H,17,18)/t8-,13+/m0/s1. The van der Waals surface area contributed by atoms with E-state index in [1.54, 1.807) is 19.9 Å². The molecule has 0 saturated heterocycles. The smallest absolute Gasteiger partial charge is 0.328 e. The van der Waals surface area contributed by atoms with Gasteiger partial charge in [-0.1, -0.05) is 19.9 Å². The van der Waals surface area contributed by atoms with Crippen LogP contribution >= 0.6 is 0 Å². The molecule has 5 nitrogen and oxygen atoms in total. The first kappa shape index (κ1) is 15.9. The van der Waals surface area contributed by atoms with Crippen LogP contribution in [0.4, 0.5) is 10.1 Å². The zero-order valence-corrected chi connectivity index (χ0v) is 11.8. The largest absolute Gasteiger partial charge is 0.467 e. The molecular formula is C14H19FN2O3. The molecule has 0 heterocycles. The molecule has 0 unspecified atom stereocenters. The number of esters is 1. The number of hydrogen-bond acceptors (Lipinski definition) is 4. The first-order valence-electron chi connectivity index (χ1n) is 6.32. The number of methoxy groups -OCH3 is 1. The molecule has 0 fully saturated rings. The molecule has 0 aliphatic rings. The van der Waals surface area contributed by atoms with E-state index in [0.29, 0.717) is 5.56 Å². The van der Waals surface area contributed by atoms with Crippen LogP contribution in [-0.2, 0) is 14.3 Å². The van der Waals surface area contributed by atoms with Gasteiger partial charge in [-0.25, -0.2) is 9.18 Å². The van der Waals surface area contributed by atoms with Crippen LogP contribution in [0.5, 0.6) is 0 Å². The molecule has 1 amide bonds. The van der Waals surface area contributed by atoms with Crippen LogP contribution in [0.1, 0.15) is 31.7 Å². The topological polar surface area (TPSA) is 81.4 Å². The number of benzene rings is 1. The molecular weight excluding hydrogens is 263 g/mol. The van der Waals surface area contributed by atoms with Crippen molar-refractivity contribution in [3.63, 3.8) is 0 Å². The molecule has 3 N–H and O–H groups in total. The number of nitrogens with one attached hydrogen (secondary N) is 1. The summed E-state index contributed by atoms with van der Waals surface area (Å²) < 4.78 is 18.2. The molecule has 20 heavy (non-hydrogen) atoms. The molecule has 0 aliphatic carbocycles. The van der Waals surface area contributed by atoms with E-state index in [4.69, 9.17) is 5.73 Å². The molecule has 1 aromatic rings. The van der Waals surface area contributed by atoms with Gasteiger partial charge in [-0.05, 0) is 17.7 Å². The maximum atomic E-state index is 13.5. The lowest BCUT2D eigenvalue weighted by Crippen LogP contribution is -2.44. The first-order chi connectivity index (χ1) is 9.40. The van der Waals surface area contributed by atoms with Gasteiger partial charge < -0.3 is 15.8 Å². The van der Waals surface area contributed by atoms with Gasteiger partial charge in [-0.2, -0.15) is 0 Å². The number of hydrogen-bond donors (Lipinski definition) is 2. The number of carbonyl (C=O) groups is 2. The van der Waals surface area contributed by atoms with Gasteiger partial charge in [0.15, 0.2) is 0 Å². The molecule has 1 rings (SSSR count). The molecule has 110 valence electrons. The molecule has 6 heteroatoms. The lowest BCUT2D eigenvalue weighted by atomic mass is 9.92. The molecule has 0 aliphatic heterocycles. The van der Waals surface area contributed by atoms with Gasteiger partial charge in [-0.15, -0.1) is 0 Å². The highest BCUT2D eigenvalue weighted by Crippen LogP contribution is 2.23. The van der Waals surface area contributed by atoms with Crippen LogP contribution in [0.25, 0.3) is 0 Å². The minimum absolute atomic E-state index is 0.0353. The summed E-state index contributed by atoms with van der Waals surface area (Å²) >= 11 is 0. The molecule has 2 atom stereocenters. The minimum atomic E-state index is -0.865. The number of ether oxygens (including phenoxy) is 1. The fourth-order valence-corrected chi connectivity index (χ4v) is 1.81. The quantitative estimate of drug-likeness (QED) is 0.634. The normalized spacial score (nSPS) is 13.4. The molecule has 1 aromatic carbocycles. The maximum absolute atomic E-state index is 13.5. The summed E-state index contributed by atoms with van der Waals surface area (Å²) in [6.45, 7) is 3.39. The third kappa shape index (κ3) is 3.69. The average molecular weight is 282 g/mol. The minimum Gasteiger partial charge on any atom is -0.467 e. The van der Waals surface area contributed by atoms with Crippen molar-refractivity contribution in [2.45, 2.75) is 32.2 Å². The van der Waals surface area contributed by atoms with E-state index >= 15 is 0 Å². The van der Waals surface area contributed by atoms with E-state index in [9.17, 15) is 14.0 Å². The van der Waals surface area contributed by atoms with Crippen molar-refractivity contribution >= 4 is 17.6 Å². The van der Waals surface area contributed by atoms with Crippen LogP contribution in [0.15, 0.2) is 18.2 Å². The van der Waals surface area contributed by atoms with Crippen molar-refractivity contribution in [2.24, 2.45) is 0 Å². The fraction of sp³-hybridized carbons (Fsp3) is 0.429. The van der Waals surface area contributed by atoms with Crippen molar-refractivity contribution in [3.05, 3.63) is 29.6 Å². The summed E-state index contributed by atoms with van der Waals surface area (Å²) in [6.07, 6.45) is 0.246. The summed E-state index contributed by atoms with van der Waals surface area (Å²) in [4.78, 5) is 23.3. The Morgan fingerprint density at radius 2 is 2.10 bits per heavy atom. The highest BCUT2D eigenvalue weighted by molar-refractivity contribution is 5.85. The fourth-order valence-electron chi connectivity index (χ4n) is 1.81. The van der Waals surface area contributed by atoms with Crippen molar-refractivity contribution in [3.8, 4) is 0 Å². The van der Waals surface area contributed by atoms with E-state index in [-0.39, 0.29) is 18.0 Å². The Balaban J connectivity index is 3.02. The van der Waals surface area contributed by atoms with E-state index < -0.39 is 23.7 Å². The van der Waals surface area contributed by atoms with Gasteiger partial charge in [0.05, 0.1) is 12.8 Å². The molecule has 0 radical (unpaired) electrons. The second-order valence-electron chi connectivity index (χ2n) is 4.49. The Kier molecular flexibility index (Phi) is 5.49. The summed E-state index contributed by atoms with van der Waals surface area (Å²) in [5.74, 6) is -1.84. The lowest BCUT2D eigenvalue weighted by Gasteiger charge is -2.23. The highest BCUT2D eigenvalue weighted by Gasteiger charge is 2.28. The van der Waals surface area contributed by atoms with Gasteiger partial charge in [-0.3, -0.25) is 4.79 Å². The highest BCUT2D eigenvalue weighted by atomic mass is 19.1. The zero-order valence-electron chi connectivity index (χ0n) is 11.8. The number of carbonyl (C=O) groups excluding carboxylic acids is 2. The summed E-state index contributed by atoms with van der Waals surface area (Å²) in [7, 11) is 1.24. The first-order valence-corrected chi connectivity index (χ1v) is 6.32. The number of nitrogen functional groups attached to an aromatic ring is 1. The van der Waals surface area contributed by atoms with Crippen molar-refractivity contribution in [2.75, 3.05) is 12.8 Å². The Labute approximate surface area is 117 Å². The van der Waals surface area contributed by atoms with Crippen LogP contribution < -0.4 is 11.1 Å². The maximum Gasteiger partial charge on any atom is 0.328 e.